The van der Waals surface area contributed by atoms with Crippen LogP contribution in [-0.2, 0) is 5.54 Å². The average molecular weight is 263 g/mol. The van der Waals surface area contributed by atoms with Crippen LogP contribution >= 0.6 is 0 Å². The molecule has 1 aromatic rings. The summed E-state index contributed by atoms with van der Waals surface area (Å²) in [6.45, 7) is 2.24. The summed E-state index contributed by atoms with van der Waals surface area (Å²) in [6.07, 6.45) is -0.435. The summed E-state index contributed by atoms with van der Waals surface area (Å²) < 4.78 is 37.5. The Morgan fingerprint density at radius 3 is 2.61 bits per heavy atom. The number of aromatic nitrogens is 2. The fourth-order valence-corrected chi connectivity index (χ4v) is 1.49. The molecular weight excluding hydrogens is 249 g/mol. The second-order valence-electron chi connectivity index (χ2n) is 4.46. The summed E-state index contributed by atoms with van der Waals surface area (Å²) in [5.74, 6) is -0.783. The van der Waals surface area contributed by atoms with Crippen molar-refractivity contribution in [2.45, 2.75) is 25.6 Å². The fourth-order valence-electron chi connectivity index (χ4n) is 1.49. The van der Waals surface area contributed by atoms with Crippen molar-refractivity contribution in [3.05, 3.63) is 18.2 Å². The van der Waals surface area contributed by atoms with Crippen molar-refractivity contribution in [3.8, 4) is 0 Å². The third kappa shape index (κ3) is 3.73. The maximum atomic E-state index is 12.0. The summed E-state index contributed by atoms with van der Waals surface area (Å²) in [6, 6.07) is 0. The summed E-state index contributed by atoms with van der Waals surface area (Å²) in [4.78, 5) is 14.7. The number of carbonyl (C=O) groups excluding carboxylic acids is 1. The molecule has 1 aromatic heterocycles. The number of nitrogens with one attached hydrogen (secondary N) is 1. The summed E-state index contributed by atoms with van der Waals surface area (Å²) in [5.41, 5.74) is 4.34. The first-order valence-corrected chi connectivity index (χ1v) is 5.17. The van der Waals surface area contributed by atoms with Crippen molar-refractivity contribution < 1.29 is 18.0 Å². The molecule has 0 atom stereocenters. The number of carbonyl (C=O) groups is 1. The van der Waals surface area contributed by atoms with E-state index in [9.17, 15) is 18.0 Å². The number of primary amides is 1. The van der Waals surface area contributed by atoms with Gasteiger partial charge in [0.05, 0.1) is 12.1 Å². The van der Waals surface area contributed by atoms with Crippen LogP contribution in [0.3, 0.4) is 0 Å². The molecule has 101 valence electrons. The van der Waals surface area contributed by atoms with Gasteiger partial charge in [0.1, 0.15) is 6.20 Å². The molecule has 18 heavy (non-hydrogen) atoms. The van der Waals surface area contributed by atoms with Gasteiger partial charge in [-0.05, 0) is 13.8 Å². The minimum Gasteiger partial charge on any atom is -0.363 e. The normalized spacial score (nSPS) is 12.7. The molecule has 0 saturated heterocycles. The minimum atomic E-state index is -4.27. The molecule has 3 N–H and O–H groups in total. The van der Waals surface area contributed by atoms with Crippen molar-refractivity contribution in [2.24, 2.45) is 5.73 Å². The summed E-state index contributed by atoms with van der Waals surface area (Å²) >= 11 is 0. The predicted octanol–water partition coefficient (Wildman–Crippen LogP) is 0.669. The maximum absolute atomic E-state index is 12.0. The number of imidazole rings is 1. The smallest absolute Gasteiger partial charge is 0.363 e. The first-order chi connectivity index (χ1) is 8.13. The van der Waals surface area contributed by atoms with Crippen LogP contribution < -0.4 is 11.1 Å². The van der Waals surface area contributed by atoms with Crippen LogP contribution in [0.2, 0.25) is 0 Å². The second-order valence-corrected chi connectivity index (χ2v) is 4.46. The molecule has 1 rings (SSSR count). The Hall–Kier alpha value is -1.57. The van der Waals surface area contributed by atoms with E-state index in [1.165, 1.54) is 10.8 Å². The van der Waals surface area contributed by atoms with Gasteiger partial charge in [0.25, 0.3) is 5.91 Å². The second kappa shape index (κ2) is 4.97. The Kier molecular flexibility index (Phi) is 4.00. The van der Waals surface area contributed by atoms with E-state index in [0.29, 0.717) is 0 Å². The highest BCUT2D eigenvalue weighted by Gasteiger charge is 2.29. The zero-order chi connectivity index (χ0) is 14.0. The van der Waals surface area contributed by atoms with Crippen LogP contribution in [0, 0.1) is 6.20 Å². The Bertz CT molecular complexity index is 425. The molecule has 0 aromatic carbocycles. The fraction of sp³-hybridized carbons (Fsp3) is 0.600. The highest BCUT2D eigenvalue weighted by atomic mass is 19.4. The molecular formula is C10H14F3N4O. The number of hydrogen-bond acceptors (Lipinski definition) is 3. The molecule has 0 fully saturated rings. The van der Waals surface area contributed by atoms with Crippen molar-refractivity contribution >= 4 is 5.91 Å². The zero-order valence-corrected chi connectivity index (χ0v) is 10.0. The van der Waals surface area contributed by atoms with E-state index < -0.39 is 24.2 Å². The lowest BCUT2D eigenvalue weighted by Crippen LogP contribution is -2.43. The van der Waals surface area contributed by atoms with E-state index in [-0.39, 0.29) is 12.4 Å². The van der Waals surface area contributed by atoms with Gasteiger partial charge in [-0.3, -0.25) is 4.79 Å². The zero-order valence-electron chi connectivity index (χ0n) is 10.0. The molecule has 0 saturated carbocycles. The van der Waals surface area contributed by atoms with Gasteiger partial charge in [-0.1, -0.05) is 0 Å². The monoisotopic (exact) mass is 263 g/mol. The number of alkyl halides is 3. The first kappa shape index (κ1) is 14.5. The molecule has 0 aliphatic rings. The minimum absolute atomic E-state index is 0.0109. The van der Waals surface area contributed by atoms with E-state index in [1.54, 1.807) is 13.8 Å². The molecule has 0 unspecified atom stereocenters. The van der Waals surface area contributed by atoms with Gasteiger partial charge >= 0.3 is 6.18 Å². The van der Waals surface area contributed by atoms with Crippen molar-refractivity contribution in [3.63, 3.8) is 0 Å². The van der Waals surface area contributed by atoms with Gasteiger partial charge in [-0.25, -0.2) is 4.98 Å². The van der Waals surface area contributed by atoms with Crippen LogP contribution in [0.1, 0.15) is 24.5 Å². The number of nitrogens with zero attached hydrogens (tertiary/aromatic N) is 2. The molecule has 0 aliphatic heterocycles. The summed E-state index contributed by atoms with van der Waals surface area (Å²) in [7, 11) is 0. The van der Waals surface area contributed by atoms with E-state index in [0.717, 1.165) is 0 Å². The van der Waals surface area contributed by atoms with Crippen molar-refractivity contribution in [1.29, 1.82) is 0 Å². The molecule has 1 amide bonds. The highest BCUT2D eigenvalue weighted by Crippen LogP contribution is 2.17. The number of amides is 1. The molecule has 1 heterocycles. The molecule has 1 radical (unpaired) electrons. The van der Waals surface area contributed by atoms with E-state index >= 15 is 0 Å². The first-order valence-electron chi connectivity index (χ1n) is 5.17. The Morgan fingerprint density at radius 2 is 2.11 bits per heavy atom. The van der Waals surface area contributed by atoms with Crippen LogP contribution in [-0.4, -0.2) is 34.7 Å². The quantitative estimate of drug-likeness (QED) is 0.820. The van der Waals surface area contributed by atoms with Crippen LogP contribution in [0.15, 0.2) is 6.20 Å². The van der Waals surface area contributed by atoms with Crippen LogP contribution in [0.5, 0.6) is 0 Å². The highest BCUT2D eigenvalue weighted by molar-refractivity contribution is 5.89. The van der Waals surface area contributed by atoms with E-state index in [1.807, 2.05) is 0 Å². The Labute approximate surface area is 102 Å². The largest absolute Gasteiger partial charge is 0.401 e. The Morgan fingerprint density at radius 1 is 1.50 bits per heavy atom. The number of nitrogens with two attached hydrogens (primary N) is 1. The molecule has 0 bridgehead atoms. The predicted molar refractivity (Wildman–Crippen MR) is 57.8 cm³/mol. The van der Waals surface area contributed by atoms with Crippen molar-refractivity contribution in [1.82, 2.24) is 14.9 Å². The number of halogens is 3. The van der Waals surface area contributed by atoms with Gasteiger partial charge in [0, 0.05) is 12.7 Å². The number of hydrogen-bond donors (Lipinski definition) is 2. The Balaban J connectivity index is 2.74. The molecule has 0 aliphatic carbocycles. The van der Waals surface area contributed by atoms with E-state index in [2.05, 4.69) is 16.5 Å². The van der Waals surface area contributed by atoms with Gasteiger partial charge < -0.3 is 15.6 Å². The lowest BCUT2D eigenvalue weighted by molar-refractivity contribution is -0.125. The lowest BCUT2D eigenvalue weighted by atomic mass is 10.1. The molecule has 8 heteroatoms. The topological polar surface area (TPSA) is 72.9 Å². The number of rotatable bonds is 5. The van der Waals surface area contributed by atoms with Crippen LogP contribution in [0.25, 0.3) is 0 Å². The molecule has 0 spiro atoms. The standard InChI is InChI=1S/C10H14F3N4O/c1-9(2,5-15-6-10(11,12)13)17-4-3-16-8(17)7(14)18/h4,15H,5-6H2,1-2H3,(H2,14,18). The SMILES string of the molecule is CC(C)(CNCC(F)(F)F)n1c[c]nc1C(N)=O. The molecule has 5 nitrogen and oxygen atoms in total. The average Bonchev–Trinajstić information content (AvgIpc) is 2.63. The van der Waals surface area contributed by atoms with Crippen molar-refractivity contribution in [2.75, 3.05) is 13.1 Å². The maximum Gasteiger partial charge on any atom is 0.401 e. The van der Waals surface area contributed by atoms with E-state index in [4.69, 9.17) is 5.73 Å². The third-order valence-corrected chi connectivity index (χ3v) is 2.34. The van der Waals surface area contributed by atoms with Gasteiger partial charge in [-0.15, -0.1) is 0 Å². The third-order valence-electron chi connectivity index (χ3n) is 2.34. The van der Waals surface area contributed by atoms with Gasteiger partial charge in [-0.2, -0.15) is 13.2 Å². The van der Waals surface area contributed by atoms with Gasteiger partial charge in [0.2, 0.25) is 0 Å². The summed E-state index contributed by atoms with van der Waals surface area (Å²) in [5, 5.41) is 2.28. The lowest BCUT2D eigenvalue weighted by Gasteiger charge is -2.28. The van der Waals surface area contributed by atoms with Crippen LogP contribution in [0.4, 0.5) is 13.2 Å². The van der Waals surface area contributed by atoms with Gasteiger partial charge in [0.15, 0.2) is 5.82 Å².